The summed E-state index contributed by atoms with van der Waals surface area (Å²) in [6.45, 7) is 7.40. The molecule has 1 atom stereocenters. The Morgan fingerprint density at radius 2 is 1.51 bits per heavy atom. The summed E-state index contributed by atoms with van der Waals surface area (Å²) in [7, 11) is 0. The predicted molar refractivity (Wildman–Crippen MR) is 163 cm³/mol. The van der Waals surface area contributed by atoms with Crippen LogP contribution in [0.3, 0.4) is 0 Å². The highest BCUT2D eigenvalue weighted by Crippen LogP contribution is 2.29. The van der Waals surface area contributed by atoms with E-state index in [9.17, 15) is 9.59 Å². The molecule has 1 N–H and O–H groups in total. The highest BCUT2D eigenvalue weighted by atomic mass is 16.5. The van der Waals surface area contributed by atoms with Crippen LogP contribution in [0, 0.1) is 6.92 Å². The Labute approximate surface area is 245 Å². The normalized spacial score (nSPS) is 13.9. The number of nitrogens with one attached hydrogen (secondary N) is 1. The van der Waals surface area contributed by atoms with Crippen LogP contribution in [-0.4, -0.2) is 42.0 Å². The molecule has 41 heavy (non-hydrogen) atoms. The van der Waals surface area contributed by atoms with Gasteiger partial charge in [0, 0.05) is 25.4 Å². The molecule has 0 heterocycles. The predicted octanol–water partition coefficient (Wildman–Crippen LogP) is 6.42. The molecule has 0 radical (unpaired) electrons. The van der Waals surface area contributed by atoms with E-state index in [0.29, 0.717) is 44.1 Å². The van der Waals surface area contributed by atoms with E-state index in [1.807, 2.05) is 81.4 Å². The van der Waals surface area contributed by atoms with Crippen LogP contribution in [0.1, 0.15) is 68.2 Å². The van der Waals surface area contributed by atoms with Gasteiger partial charge < -0.3 is 19.7 Å². The van der Waals surface area contributed by atoms with E-state index in [4.69, 9.17) is 9.47 Å². The van der Waals surface area contributed by atoms with E-state index in [0.717, 1.165) is 47.9 Å². The Kier molecular flexibility index (Phi) is 11.2. The first-order valence-corrected chi connectivity index (χ1v) is 15.0. The number of ether oxygens (including phenoxy) is 2. The van der Waals surface area contributed by atoms with Crippen molar-refractivity contribution in [1.29, 1.82) is 0 Å². The zero-order chi connectivity index (χ0) is 29.0. The molecule has 0 aromatic heterocycles. The number of aryl methyl sites for hydroxylation is 2. The number of rotatable bonds is 14. The van der Waals surface area contributed by atoms with Gasteiger partial charge in [-0.05, 0) is 68.9 Å². The first-order chi connectivity index (χ1) is 20.0. The summed E-state index contributed by atoms with van der Waals surface area (Å²) in [4.78, 5) is 29.7. The third kappa shape index (κ3) is 8.84. The van der Waals surface area contributed by atoms with E-state index < -0.39 is 6.04 Å². The number of benzene rings is 3. The first kappa shape index (κ1) is 30.2. The molecule has 1 saturated carbocycles. The minimum absolute atomic E-state index is 0.0417. The van der Waals surface area contributed by atoms with Crippen LogP contribution >= 0.6 is 0 Å². The lowest BCUT2D eigenvalue weighted by Crippen LogP contribution is -2.52. The molecule has 0 bridgehead atoms. The van der Waals surface area contributed by atoms with Crippen molar-refractivity contribution in [2.45, 2.75) is 84.3 Å². The van der Waals surface area contributed by atoms with E-state index >= 15 is 0 Å². The van der Waals surface area contributed by atoms with Crippen molar-refractivity contribution in [2.75, 3.05) is 13.2 Å². The highest BCUT2D eigenvalue weighted by Gasteiger charge is 2.32. The molecule has 4 rings (SSSR count). The van der Waals surface area contributed by atoms with Gasteiger partial charge in [-0.3, -0.25) is 9.59 Å². The average molecular weight is 557 g/mol. The van der Waals surface area contributed by atoms with Gasteiger partial charge in [0.05, 0.1) is 13.2 Å². The Balaban J connectivity index is 1.59. The second-order valence-corrected chi connectivity index (χ2v) is 10.8. The number of hydrogen-bond donors (Lipinski definition) is 1. The summed E-state index contributed by atoms with van der Waals surface area (Å²) < 4.78 is 11.5. The number of hydrogen-bond acceptors (Lipinski definition) is 4. The second kappa shape index (κ2) is 15.3. The van der Waals surface area contributed by atoms with Crippen molar-refractivity contribution >= 4 is 11.8 Å². The topological polar surface area (TPSA) is 67.9 Å². The summed E-state index contributed by atoms with van der Waals surface area (Å²) in [5.41, 5.74) is 4.20. The Morgan fingerprint density at radius 3 is 2.20 bits per heavy atom. The summed E-state index contributed by atoms with van der Waals surface area (Å²) >= 11 is 0. The zero-order valence-electron chi connectivity index (χ0n) is 24.7. The van der Waals surface area contributed by atoms with Crippen molar-refractivity contribution in [3.63, 3.8) is 0 Å². The lowest BCUT2D eigenvalue weighted by atomic mass is 10.0. The van der Waals surface area contributed by atoms with Gasteiger partial charge in [0.15, 0.2) is 11.5 Å². The molecule has 3 aromatic rings. The fourth-order valence-electron chi connectivity index (χ4n) is 5.46. The lowest BCUT2D eigenvalue weighted by molar-refractivity contribution is -0.141. The van der Waals surface area contributed by atoms with Gasteiger partial charge in [0.2, 0.25) is 11.8 Å². The third-order valence-corrected chi connectivity index (χ3v) is 7.68. The smallest absolute Gasteiger partial charge is 0.243 e. The minimum Gasteiger partial charge on any atom is -0.490 e. The van der Waals surface area contributed by atoms with Crippen molar-refractivity contribution in [1.82, 2.24) is 10.2 Å². The van der Waals surface area contributed by atoms with Crippen LogP contribution in [0.15, 0.2) is 72.8 Å². The number of nitrogens with zero attached hydrogens (tertiary/aromatic N) is 1. The van der Waals surface area contributed by atoms with Crippen LogP contribution in [0.4, 0.5) is 0 Å². The molecule has 0 aliphatic heterocycles. The fraction of sp³-hybridized carbons (Fsp3) is 0.429. The molecule has 1 aliphatic carbocycles. The molecule has 1 aliphatic rings. The molecule has 6 heteroatoms. The maximum atomic E-state index is 14.0. The molecule has 2 amide bonds. The van der Waals surface area contributed by atoms with E-state index in [1.54, 1.807) is 4.90 Å². The number of carbonyl (C=O) groups excluding carboxylic acids is 2. The Hall–Kier alpha value is -3.80. The van der Waals surface area contributed by atoms with E-state index in [1.165, 1.54) is 0 Å². The van der Waals surface area contributed by atoms with Gasteiger partial charge in [0.25, 0.3) is 0 Å². The summed E-state index contributed by atoms with van der Waals surface area (Å²) in [5, 5.41) is 3.28. The monoisotopic (exact) mass is 556 g/mol. The Bertz CT molecular complexity index is 1250. The standard InChI is InChI=1S/C35H44N2O4/c1-4-40-32-21-19-28(24-33(32)41-5-2)20-22-34(38)37(25-29-17-15-26(3)16-18-29)31(23-27-11-7-6-8-12-27)35(39)36-30-13-9-10-14-30/h6-8,11-12,15-19,21,24,30-31H,4-5,9-10,13-14,20,22-23,25H2,1-3H3,(H,36,39). The number of carbonyl (C=O) groups is 2. The van der Waals surface area contributed by atoms with Crippen molar-refractivity contribution in [2.24, 2.45) is 0 Å². The van der Waals surface area contributed by atoms with Gasteiger partial charge in [0.1, 0.15) is 6.04 Å². The molecule has 1 fully saturated rings. The first-order valence-electron chi connectivity index (χ1n) is 15.0. The molecular formula is C35H44N2O4. The fourth-order valence-corrected chi connectivity index (χ4v) is 5.46. The second-order valence-electron chi connectivity index (χ2n) is 10.8. The van der Waals surface area contributed by atoms with Crippen molar-refractivity contribution in [3.05, 3.63) is 95.1 Å². The summed E-state index contributed by atoms with van der Waals surface area (Å²) in [6, 6.07) is 23.6. The average Bonchev–Trinajstić information content (AvgIpc) is 3.49. The van der Waals surface area contributed by atoms with Gasteiger partial charge in [-0.2, -0.15) is 0 Å². The molecule has 1 unspecified atom stereocenters. The molecule has 3 aromatic carbocycles. The molecule has 218 valence electrons. The maximum Gasteiger partial charge on any atom is 0.243 e. The maximum absolute atomic E-state index is 14.0. The minimum atomic E-state index is -0.605. The van der Waals surface area contributed by atoms with Crippen LogP contribution < -0.4 is 14.8 Å². The highest BCUT2D eigenvalue weighted by molar-refractivity contribution is 5.88. The van der Waals surface area contributed by atoms with Crippen molar-refractivity contribution in [3.8, 4) is 11.5 Å². The van der Waals surface area contributed by atoms with Gasteiger partial charge >= 0.3 is 0 Å². The molecular weight excluding hydrogens is 512 g/mol. The zero-order valence-corrected chi connectivity index (χ0v) is 24.7. The largest absolute Gasteiger partial charge is 0.490 e. The lowest BCUT2D eigenvalue weighted by Gasteiger charge is -2.32. The van der Waals surface area contributed by atoms with E-state index in [2.05, 4.69) is 17.4 Å². The van der Waals surface area contributed by atoms with Gasteiger partial charge in [-0.1, -0.05) is 79.1 Å². The molecule has 0 spiro atoms. The molecule has 6 nitrogen and oxygen atoms in total. The van der Waals surface area contributed by atoms with Crippen molar-refractivity contribution < 1.29 is 19.1 Å². The quantitative estimate of drug-likeness (QED) is 0.249. The molecule has 0 saturated heterocycles. The SMILES string of the molecule is CCOc1ccc(CCC(=O)N(Cc2ccc(C)cc2)C(Cc2ccccc2)C(=O)NC2CCCC2)cc1OCC. The van der Waals surface area contributed by atoms with Crippen LogP contribution in [0.2, 0.25) is 0 Å². The Morgan fingerprint density at radius 1 is 0.854 bits per heavy atom. The summed E-state index contributed by atoms with van der Waals surface area (Å²) in [5.74, 6) is 1.28. The van der Waals surface area contributed by atoms with Crippen LogP contribution in [0.25, 0.3) is 0 Å². The van der Waals surface area contributed by atoms with Gasteiger partial charge in [-0.15, -0.1) is 0 Å². The van der Waals surface area contributed by atoms with Crippen LogP contribution in [0.5, 0.6) is 11.5 Å². The van der Waals surface area contributed by atoms with E-state index in [-0.39, 0.29) is 24.3 Å². The van der Waals surface area contributed by atoms with Crippen LogP contribution in [-0.2, 0) is 29.0 Å². The summed E-state index contributed by atoms with van der Waals surface area (Å²) in [6.07, 6.45) is 5.55. The van der Waals surface area contributed by atoms with Gasteiger partial charge in [-0.25, -0.2) is 0 Å². The third-order valence-electron chi connectivity index (χ3n) is 7.68. The number of amides is 2.